The molecule has 1 heterocycles. The second-order valence-electron chi connectivity index (χ2n) is 4.26. The van der Waals surface area contributed by atoms with Gasteiger partial charge in [0.25, 0.3) is 0 Å². The first-order valence-corrected chi connectivity index (χ1v) is 7.16. The van der Waals surface area contributed by atoms with Gasteiger partial charge in [0.05, 0.1) is 18.3 Å². The van der Waals surface area contributed by atoms with Crippen LogP contribution in [0.4, 0.5) is 18.9 Å². The normalized spacial score (nSPS) is 17.6. The van der Waals surface area contributed by atoms with Crippen LogP contribution in [0.5, 0.6) is 0 Å². The predicted molar refractivity (Wildman–Crippen MR) is 72.2 cm³/mol. The summed E-state index contributed by atoms with van der Waals surface area (Å²) in [6.07, 6.45) is 0. The van der Waals surface area contributed by atoms with Gasteiger partial charge in [-0.2, -0.15) is 0 Å². The van der Waals surface area contributed by atoms with Crippen molar-refractivity contribution >= 4 is 29.3 Å². The van der Waals surface area contributed by atoms with Gasteiger partial charge >= 0.3 is 0 Å². The molecule has 2 amide bonds. The largest absolute Gasteiger partial charge is 0.346 e. The Morgan fingerprint density at radius 3 is 2.71 bits per heavy atom. The maximum Gasteiger partial charge on any atom is 0.243 e. The summed E-state index contributed by atoms with van der Waals surface area (Å²) < 4.78 is 39.0. The molecule has 1 aliphatic heterocycles. The molecule has 0 saturated carbocycles. The number of hydrogen-bond acceptors (Lipinski definition) is 4. The van der Waals surface area contributed by atoms with Gasteiger partial charge < -0.3 is 10.6 Å². The van der Waals surface area contributed by atoms with Crippen molar-refractivity contribution in [3.05, 3.63) is 29.6 Å². The van der Waals surface area contributed by atoms with E-state index >= 15 is 0 Å². The maximum atomic E-state index is 13.3. The molecular weight excluding hydrogens is 307 g/mol. The van der Waals surface area contributed by atoms with E-state index in [9.17, 15) is 22.8 Å². The van der Waals surface area contributed by atoms with Gasteiger partial charge in [0.15, 0.2) is 17.5 Å². The van der Waals surface area contributed by atoms with Gasteiger partial charge in [-0.05, 0) is 12.1 Å². The molecule has 1 aromatic rings. The number of nitrogens with one attached hydrogen (secondary N) is 3. The smallest absolute Gasteiger partial charge is 0.243 e. The molecule has 1 saturated heterocycles. The zero-order valence-corrected chi connectivity index (χ0v) is 11.5. The first-order chi connectivity index (χ1) is 9.99. The fourth-order valence-corrected chi connectivity index (χ4v) is 2.61. The van der Waals surface area contributed by atoms with E-state index in [1.165, 1.54) is 0 Å². The van der Waals surface area contributed by atoms with Crippen LogP contribution in [0.3, 0.4) is 0 Å². The molecule has 5 nitrogen and oxygen atoms in total. The van der Waals surface area contributed by atoms with Gasteiger partial charge in [-0.3, -0.25) is 14.9 Å². The molecule has 2 rings (SSSR count). The van der Waals surface area contributed by atoms with Gasteiger partial charge in [-0.15, -0.1) is 11.8 Å². The molecule has 9 heteroatoms. The molecule has 1 atom stereocenters. The van der Waals surface area contributed by atoms with E-state index in [-0.39, 0.29) is 18.5 Å². The predicted octanol–water partition coefficient (Wildman–Crippen LogP) is 0.821. The summed E-state index contributed by atoms with van der Waals surface area (Å²) in [7, 11) is 0. The Labute approximate surface area is 122 Å². The van der Waals surface area contributed by atoms with E-state index in [0.717, 1.165) is 6.07 Å². The minimum atomic E-state index is -1.66. The van der Waals surface area contributed by atoms with Crippen LogP contribution >= 0.6 is 11.8 Å². The number of anilines is 1. The average Bonchev–Trinajstić information content (AvgIpc) is 3.00. The van der Waals surface area contributed by atoms with E-state index in [2.05, 4.69) is 16.0 Å². The third-order valence-corrected chi connectivity index (χ3v) is 3.71. The minimum absolute atomic E-state index is 0.346. The zero-order chi connectivity index (χ0) is 15.4. The first-order valence-electron chi connectivity index (χ1n) is 6.01. The van der Waals surface area contributed by atoms with Crippen molar-refractivity contribution in [2.45, 2.75) is 6.04 Å². The summed E-state index contributed by atoms with van der Waals surface area (Å²) in [4.78, 5) is 23.2. The molecule has 21 heavy (non-hydrogen) atoms. The topological polar surface area (TPSA) is 70.2 Å². The molecule has 0 spiro atoms. The number of benzene rings is 1. The molecule has 1 unspecified atom stereocenters. The zero-order valence-electron chi connectivity index (χ0n) is 10.7. The molecule has 0 bridgehead atoms. The lowest BCUT2D eigenvalue weighted by molar-refractivity contribution is -0.125. The number of carbonyl (C=O) groups excluding carboxylic acids is 2. The van der Waals surface area contributed by atoms with Crippen LogP contribution < -0.4 is 16.0 Å². The monoisotopic (exact) mass is 319 g/mol. The number of thioether (sulfide) groups is 1. The van der Waals surface area contributed by atoms with E-state index in [1.807, 2.05) is 0 Å². The Bertz CT molecular complexity index is 565. The number of halogens is 3. The van der Waals surface area contributed by atoms with Crippen LogP contribution in [-0.4, -0.2) is 36.0 Å². The van der Waals surface area contributed by atoms with E-state index in [1.54, 1.807) is 11.8 Å². The summed E-state index contributed by atoms with van der Waals surface area (Å²) >= 11 is 1.55. The van der Waals surface area contributed by atoms with Gasteiger partial charge in [-0.1, -0.05) is 0 Å². The summed E-state index contributed by atoms with van der Waals surface area (Å²) in [5.74, 6) is -4.31. The second-order valence-corrected chi connectivity index (χ2v) is 5.29. The van der Waals surface area contributed by atoms with Crippen molar-refractivity contribution in [1.29, 1.82) is 0 Å². The quantitative estimate of drug-likeness (QED) is 0.719. The Hall–Kier alpha value is -1.74. The molecular formula is C12H12F3N3O2S. The fourth-order valence-electron chi connectivity index (χ4n) is 1.67. The van der Waals surface area contributed by atoms with Crippen molar-refractivity contribution in [2.75, 3.05) is 23.5 Å². The second kappa shape index (κ2) is 6.81. The maximum absolute atomic E-state index is 13.3. The lowest BCUT2D eigenvalue weighted by Crippen LogP contribution is -2.44. The molecule has 0 aliphatic carbocycles. The Balaban J connectivity index is 1.87. The lowest BCUT2D eigenvalue weighted by Gasteiger charge is -2.11. The highest BCUT2D eigenvalue weighted by molar-refractivity contribution is 7.99. The molecule has 0 aromatic heterocycles. The number of hydrogen-bond donors (Lipinski definition) is 3. The molecule has 3 N–H and O–H groups in total. The fraction of sp³-hybridized carbons (Fsp3) is 0.333. The van der Waals surface area contributed by atoms with E-state index in [0.29, 0.717) is 17.7 Å². The summed E-state index contributed by atoms with van der Waals surface area (Å²) in [5, 5.41) is 7.36. The first kappa shape index (κ1) is 15.6. The average molecular weight is 319 g/mol. The van der Waals surface area contributed by atoms with E-state index < -0.39 is 29.0 Å². The Morgan fingerprint density at radius 1 is 1.29 bits per heavy atom. The molecule has 1 aromatic carbocycles. The van der Waals surface area contributed by atoms with Crippen molar-refractivity contribution in [3.8, 4) is 0 Å². The SMILES string of the molecule is O=C(CNC(=O)C1CSCN1)Nc1ccc(F)c(F)c1F. The molecule has 114 valence electrons. The Kier molecular flexibility index (Phi) is 5.07. The number of amides is 2. The highest BCUT2D eigenvalue weighted by Gasteiger charge is 2.23. The van der Waals surface area contributed by atoms with E-state index in [4.69, 9.17) is 0 Å². The highest BCUT2D eigenvalue weighted by atomic mass is 32.2. The standard InChI is InChI=1S/C12H12F3N3O2S/c13-6-1-2-7(11(15)10(6)14)18-9(19)3-16-12(20)8-4-21-5-17-8/h1-2,8,17H,3-5H2,(H,16,20)(H,18,19). The highest BCUT2D eigenvalue weighted by Crippen LogP contribution is 2.19. The van der Waals surface area contributed by atoms with Crippen LogP contribution in [0.25, 0.3) is 0 Å². The number of rotatable bonds is 4. The van der Waals surface area contributed by atoms with Crippen molar-refractivity contribution in [1.82, 2.24) is 10.6 Å². The summed E-state index contributed by atoms with van der Waals surface area (Å²) in [6, 6.07) is 1.23. The third kappa shape index (κ3) is 3.88. The van der Waals surface area contributed by atoms with Crippen LogP contribution in [0.1, 0.15) is 0 Å². The van der Waals surface area contributed by atoms with Gasteiger partial charge in [0.1, 0.15) is 0 Å². The van der Waals surface area contributed by atoms with Crippen molar-refractivity contribution in [2.24, 2.45) is 0 Å². The van der Waals surface area contributed by atoms with Crippen LogP contribution in [0.2, 0.25) is 0 Å². The summed E-state index contributed by atoms with van der Waals surface area (Å²) in [5.41, 5.74) is -0.484. The van der Waals surface area contributed by atoms with Crippen LogP contribution in [0.15, 0.2) is 12.1 Å². The third-order valence-electron chi connectivity index (χ3n) is 2.77. The summed E-state index contributed by atoms with van der Waals surface area (Å²) in [6.45, 7) is -0.389. The van der Waals surface area contributed by atoms with Gasteiger partial charge in [0, 0.05) is 11.6 Å². The number of carbonyl (C=O) groups is 2. The van der Waals surface area contributed by atoms with Gasteiger partial charge in [0.2, 0.25) is 11.8 Å². The van der Waals surface area contributed by atoms with Gasteiger partial charge in [-0.25, -0.2) is 13.2 Å². The van der Waals surface area contributed by atoms with Crippen molar-refractivity contribution < 1.29 is 22.8 Å². The lowest BCUT2D eigenvalue weighted by atomic mass is 10.2. The molecule has 0 radical (unpaired) electrons. The minimum Gasteiger partial charge on any atom is -0.346 e. The van der Waals surface area contributed by atoms with Crippen LogP contribution in [-0.2, 0) is 9.59 Å². The Morgan fingerprint density at radius 2 is 2.05 bits per heavy atom. The van der Waals surface area contributed by atoms with Crippen LogP contribution in [0, 0.1) is 17.5 Å². The van der Waals surface area contributed by atoms with Crippen molar-refractivity contribution in [3.63, 3.8) is 0 Å². The molecule has 1 fully saturated rings. The molecule has 1 aliphatic rings.